The first kappa shape index (κ1) is 19.4. The number of benzene rings is 1. The molecule has 1 heterocycles. The molecule has 1 aromatic heterocycles. The van der Waals surface area contributed by atoms with E-state index in [1.165, 1.54) is 12.1 Å². The van der Waals surface area contributed by atoms with Crippen LogP contribution in [0.3, 0.4) is 0 Å². The topological polar surface area (TPSA) is 111 Å². The van der Waals surface area contributed by atoms with Crippen molar-refractivity contribution < 1.29 is 14.5 Å². The predicted octanol–water partition coefficient (Wildman–Crippen LogP) is 2.68. The maximum absolute atomic E-state index is 12.2. The molecule has 0 aliphatic heterocycles. The Morgan fingerprint density at radius 2 is 2.08 bits per heavy atom. The molecule has 0 saturated carbocycles. The van der Waals surface area contributed by atoms with Gasteiger partial charge in [-0.05, 0) is 26.8 Å². The molecule has 26 heavy (non-hydrogen) atoms. The zero-order valence-corrected chi connectivity index (χ0v) is 15.3. The van der Waals surface area contributed by atoms with E-state index in [1.54, 1.807) is 20.1 Å². The highest BCUT2D eigenvalue weighted by molar-refractivity contribution is 5.90. The number of methoxy groups -OCH3 is 1. The van der Waals surface area contributed by atoms with E-state index in [0.29, 0.717) is 30.9 Å². The molecule has 0 bridgehead atoms. The van der Waals surface area contributed by atoms with Crippen LogP contribution >= 0.6 is 0 Å². The van der Waals surface area contributed by atoms with Crippen molar-refractivity contribution >= 4 is 17.4 Å². The molecule has 0 radical (unpaired) electrons. The van der Waals surface area contributed by atoms with Crippen LogP contribution in [-0.4, -0.2) is 34.5 Å². The summed E-state index contributed by atoms with van der Waals surface area (Å²) in [5.41, 5.74) is 3.52. The van der Waals surface area contributed by atoms with Gasteiger partial charge in [0, 0.05) is 31.0 Å². The monoisotopic (exact) mass is 361 g/mol. The number of hydrogen-bond acceptors (Lipinski definition) is 5. The third-order valence-corrected chi connectivity index (χ3v) is 4.21. The number of amides is 2. The second-order valence-corrected chi connectivity index (χ2v) is 5.88. The SMILES string of the molecule is COCCn1nc(C)c(CNC(=O)Nc2cccc([N+](=O)[O-])c2C)c1C. The summed E-state index contributed by atoms with van der Waals surface area (Å²) >= 11 is 0. The number of nitro benzene ring substituents is 1. The fourth-order valence-electron chi connectivity index (χ4n) is 2.68. The second kappa shape index (κ2) is 8.43. The molecule has 1 aromatic carbocycles. The van der Waals surface area contributed by atoms with Crippen LogP contribution < -0.4 is 10.6 Å². The normalized spacial score (nSPS) is 10.6. The lowest BCUT2D eigenvalue weighted by Gasteiger charge is -2.10. The molecule has 0 fully saturated rings. The molecule has 9 nitrogen and oxygen atoms in total. The van der Waals surface area contributed by atoms with Gasteiger partial charge in [-0.25, -0.2) is 4.79 Å². The molecular formula is C17H23N5O4. The summed E-state index contributed by atoms with van der Waals surface area (Å²) in [6.45, 7) is 6.93. The van der Waals surface area contributed by atoms with Gasteiger partial charge >= 0.3 is 6.03 Å². The molecule has 2 N–H and O–H groups in total. The van der Waals surface area contributed by atoms with E-state index in [4.69, 9.17) is 4.74 Å². The average molecular weight is 361 g/mol. The maximum Gasteiger partial charge on any atom is 0.319 e. The summed E-state index contributed by atoms with van der Waals surface area (Å²) in [5, 5.41) is 20.9. The molecule has 0 aliphatic rings. The number of nitro groups is 1. The van der Waals surface area contributed by atoms with Crippen LogP contribution in [0.4, 0.5) is 16.2 Å². The molecule has 9 heteroatoms. The number of nitrogens with one attached hydrogen (secondary N) is 2. The van der Waals surface area contributed by atoms with Crippen LogP contribution in [0.15, 0.2) is 18.2 Å². The van der Waals surface area contributed by atoms with Crippen LogP contribution in [0.1, 0.15) is 22.5 Å². The molecule has 0 unspecified atom stereocenters. The average Bonchev–Trinajstić information content (AvgIpc) is 2.86. The molecule has 2 amide bonds. The third kappa shape index (κ3) is 4.37. The minimum Gasteiger partial charge on any atom is -0.383 e. The smallest absolute Gasteiger partial charge is 0.319 e. The minimum absolute atomic E-state index is 0.0334. The Kier molecular flexibility index (Phi) is 6.29. The Morgan fingerprint density at radius 3 is 2.73 bits per heavy atom. The summed E-state index contributed by atoms with van der Waals surface area (Å²) in [7, 11) is 1.63. The second-order valence-electron chi connectivity index (χ2n) is 5.88. The standard InChI is InChI=1S/C17H23N5O4/c1-11-15(6-5-7-16(11)22(24)25)19-17(23)18-10-14-12(2)20-21(13(14)3)8-9-26-4/h5-7H,8-10H2,1-4H3,(H2,18,19,23). The number of hydrogen-bond donors (Lipinski definition) is 2. The lowest BCUT2D eigenvalue weighted by molar-refractivity contribution is -0.385. The van der Waals surface area contributed by atoms with Crippen LogP contribution in [0, 0.1) is 30.9 Å². The highest BCUT2D eigenvalue weighted by Crippen LogP contribution is 2.24. The first-order valence-corrected chi connectivity index (χ1v) is 8.15. The molecule has 0 saturated heterocycles. The Bertz CT molecular complexity index is 816. The third-order valence-electron chi connectivity index (χ3n) is 4.21. The van der Waals surface area contributed by atoms with Crippen LogP contribution in [0.25, 0.3) is 0 Å². The Labute approximate surface area is 151 Å². The van der Waals surface area contributed by atoms with Gasteiger partial charge in [0.05, 0.1) is 35.0 Å². The summed E-state index contributed by atoms with van der Waals surface area (Å²) in [5.74, 6) is 0. The van der Waals surface area contributed by atoms with E-state index in [2.05, 4.69) is 15.7 Å². The molecule has 2 rings (SSSR count). The molecule has 0 aliphatic carbocycles. The van der Waals surface area contributed by atoms with Gasteiger partial charge in [0.25, 0.3) is 5.69 Å². The van der Waals surface area contributed by atoms with E-state index >= 15 is 0 Å². The van der Waals surface area contributed by atoms with E-state index in [1.807, 2.05) is 18.5 Å². The van der Waals surface area contributed by atoms with Gasteiger partial charge in [-0.3, -0.25) is 14.8 Å². The van der Waals surface area contributed by atoms with Crippen molar-refractivity contribution in [3.63, 3.8) is 0 Å². The number of ether oxygens (including phenoxy) is 1. The van der Waals surface area contributed by atoms with Gasteiger partial charge < -0.3 is 15.4 Å². The first-order chi connectivity index (χ1) is 12.3. The van der Waals surface area contributed by atoms with Gasteiger partial charge in [0.1, 0.15) is 0 Å². The van der Waals surface area contributed by atoms with E-state index in [-0.39, 0.29) is 5.69 Å². The molecule has 140 valence electrons. The Hall–Kier alpha value is -2.94. The van der Waals surface area contributed by atoms with Crippen molar-refractivity contribution in [1.82, 2.24) is 15.1 Å². The fraction of sp³-hybridized carbons (Fsp3) is 0.412. The summed E-state index contributed by atoms with van der Waals surface area (Å²) in [6, 6.07) is 4.13. The molecule has 2 aromatic rings. The van der Waals surface area contributed by atoms with Crippen molar-refractivity contribution in [3.05, 3.63) is 50.8 Å². The van der Waals surface area contributed by atoms with Crippen molar-refractivity contribution in [2.45, 2.75) is 33.9 Å². The Morgan fingerprint density at radius 1 is 1.35 bits per heavy atom. The zero-order valence-electron chi connectivity index (χ0n) is 15.3. The molecule has 0 spiro atoms. The largest absolute Gasteiger partial charge is 0.383 e. The van der Waals surface area contributed by atoms with E-state index < -0.39 is 11.0 Å². The number of carbonyl (C=O) groups excluding carboxylic acids is 1. The maximum atomic E-state index is 12.2. The van der Waals surface area contributed by atoms with Crippen LogP contribution in [0.5, 0.6) is 0 Å². The van der Waals surface area contributed by atoms with Crippen molar-refractivity contribution in [1.29, 1.82) is 0 Å². The van der Waals surface area contributed by atoms with Gasteiger partial charge in [0.2, 0.25) is 0 Å². The highest BCUT2D eigenvalue weighted by atomic mass is 16.6. The van der Waals surface area contributed by atoms with Crippen molar-refractivity contribution in [2.24, 2.45) is 0 Å². The number of aryl methyl sites for hydroxylation is 1. The van der Waals surface area contributed by atoms with Crippen molar-refractivity contribution in [3.8, 4) is 0 Å². The van der Waals surface area contributed by atoms with Crippen LogP contribution in [0.2, 0.25) is 0 Å². The summed E-state index contributed by atoms with van der Waals surface area (Å²) in [6.07, 6.45) is 0. The number of carbonyl (C=O) groups is 1. The highest BCUT2D eigenvalue weighted by Gasteiger charge is 2.16. The van der Waals surface area contributed by atoms with Gasteiger partial charge in [0.15, 0.2) is 0 Å². The number of aromatic nitrogens is 2. The quantitative estimate of drug-likeness (QED) is 0.582. The van der Waals surface area contributed by atoms with Crippen LogP contribution in [-0.2, 0) is 17.8 Å². The van der Waals surface area contributed by atoms with E-state index in [9.17, 15) is 14.9 Å². The van der Waals surface area contributed by atoms with E-state index in [0.717, 1.165) is 17.0 Å². The van der Waals surface area contributed by atoms with Gasteiger partial charge in [-0.1, -0.05) is 6.07 Å². The van der Waals surface area contributed by atoms with Gasteiger partial charge in [-0.15, -0.1) is 0 Å². The molecule has 0 atom stereocenters. The summed E-state index contributed by atoms with van der Waals surface area (Å²) in [4.78, 5) is 22.7. The number of nitrogens with zero attached hydrogens (tertiary/aromatic N) is 3. The lowest BCUT2D eigenvalue weighted by Crippen LogP contribution is -2.29. The van der Waals surface area contributed by atoms with Gasteiger partial charge in [-0.2, -0.15) is 5.10 Å². The number of anilines is 1. The number of rotatable bonds is 7. The fourth-order valence-corrected chi connectivity index (χ4v) is 2.68. The number of urea groups is 1. The zero-order chi connectivity index (χ0) is 19.3. The lowest BCUT2D eigenvalue weighted by atomic mass is 10.1. The predicted molar refractivity (Wildman–Crippen MR) is 97.3 cm³/mol. The minimum atomic E-state index is -0.473. The molecular weight excluding hydrogens is 338 g/mol. The van der Waals surface area contributed by atoms with Crippen molar-refractivity contribution in [2.75, 3.05) is 19.0 Å². The first-order valence-electron chi connectivity index (χ1n) is 8.15. The summed E-state index contributed by atoms with van der Waals surface area (Å²) < 4.78 is 6.91. The Balaban J connectivity index is 2.03.